The van der Waals surface area contributed by atoms with Crippen molar-refractivity contribution in [2.45, 2.75) is 130 Å². The van der Waals surface area contributed by atoms with Crippen LogP contribution in [0.4, 0.5) is 34.1 Å². The Bertz CT molecular complexity index is 2780. The lowest BCUT2D eigenvalue weighted by molar-refractivity contribution is 0.403. The summed E-state index contributed by atoms with van der Waals surface area (Å²) in [5.41, 5.74) is 18.5. The minimum atomic E-state index is -2.36. The van der Waals surface area contributed by atoms with Crippen LogP contribution in [0.25, 0.3) is 11.1 Å². The average molecular weight is 778 g/mol. The highest BCUT2D eigenvalue weighted by atomic mass is 15.2. The number of nitrogens with zero attached hydrogens (tertiary/aromatic N) is 2. The molecular weight excluding hydrogens is 711 g/mol. The lowest BCUT2D eigenvalue weighted by atomic mass is 9.33. The van der Waals surface area contributed by atoms with Crippen LogP contribution in [0.1, 0.15) is 134 Å². The Kier molecular flexibility index (Phi) is 7.90. The van der Waals surface area contributed by atoms with Crippen molar-refractivity contribution in [2.75, 3.05) is 9.80 Å². The van der Waals surface area contributed by atoms with Crippen LogP contribution in [0, 0.1) is 6.85 Å². The van der Waals surface area contributed by atoms with E-state index in [1.54, 1.807) is 0 Å². The van der Waals surface area contributed by atoms with E-state index in [-0.39, 0.29) is 33.8 Å². The molecule has 6 aromatic rings. The van der Waals surface area contributed by atoms with Gasteiger partial charge in [-0.1, -0.05) is 157 Å². The van der Waals surface area contributed by atoms with Crippen LogP contribution >= 0.6 is 0 Å². The first kappa shape index (κ1) is 35.9. The summed E-state index contributed by atoms with van der Waals surface area (Å²) in [6.07, 6.45) is 1.04. The third kappa shape index (κ3) is 6.38. The van der Waals surface area contributed by atoms with Crippen LogP contribution in [0.2, 0.25) is 0 Å². The van der Waals surface area contributed by atoms with Crippen LogP contribution in [-0.4, -0.2) is 6.71 Å². The summed E-state index contributed by atoms with van der Waals surface area (Å²) in [4.78, 5) is 4.82. The topological polar surface area (TPSA) is 6.48 Å². The molecule has 2 heterocycles. The smallest absolute Gasteiger partial charge is 0.252 e. The highest BCUT2D eigenvalue weighted by molar-refractivity contribution is 7.00. The van der Waals surface area contributed by atoms with Crippen LogP contribution < -0.4 is 26.2 Å². The molecule has 0 bridgehead atoms. The maximum Gasteiger partial charge on any atom is 0.252 e. The molecular formula is C56H63BN2. The maximum atomic E-state index is 9.06. The third-order valence-corrected chi connectivity index (χ3v) is 13.6. The molecule has 2 aliphatic heterocycles. The van der Waals surface area contributed by atoms with Crippen molar-refractivity contribution < 1.29 is 4.11 Å². The van der Waals surface area contributed by atoms with Gasteiger partial charge in [-0.15, -0.1) is 0 Å². The van der Waals surface area contributed by atoms with E-state index < -0.39 is 6.85 Å². The molecule has 3 heteroatoms. The van der Waals surface area contributed by atoms with E-state index >= 15 is 0 Å². The van der Waals surface area contributed by atoms with Gasteiger partial charge >= 0.3 is 0 Å². The van der Waals surface area contributed by atoms with Gasteiger partial charge < -0.3 is 9.80 Å². The van der Waals surface area contributed by atoms with Gasteiger partial charge in [0.2, 0.25) is 0 Å². The summed E-state index contributed by atoms with van der Waals surface area (Å²) < 4.78 is 27.2. The van der Waals surface area contributed by atoms with Crippen LogP contribution in [-0.2, 0) is 27.1 Å². The van der Waals surface area contributed by atoms with Crippen molar-refractivity contribution >= 4 is 57.2 Å². The lowest BCUT2D eigenvalue weighted by Gasteiger charge is -2.45. The second-order valence-corrected chi connectivity index (χ2v) is 22.1. The lowest BCUT2D eigenvalue weighted by Crippen LogP contribution is -2.61. The Hall–Kier alpha value is -5.02. The number of fused-ring (bicyclic) bond motifs is 5. The van der Waals surface area contributed by atoms with Crippen LogP contribution in [0.3, 0.4) is 0 Å². The van der Waals surface area contributed by atoms with Crippen molar-refractivity contribution in [2.24, 2.45) is 0 Å². The highest BCUT2D eigenvalue weighted by Crippen LogP contribution is 2.53. The van der Waals surface area contributed by atoms with Gasteiger partial charge in [-0.25, -0.2) is 0 Å². The van der Waals surface area contributed by atoms with E-state index in [0.29, 0.717) is 5.56 Å². The average Bonchev–Trinajstić information content (AvgIpc) is 3.37. The summed E-state index contributed by atoms with van der Waals surface area (Å²) in [5, 5.41) is 0. The molecule has 2 nitrogen and oxygen atoms in total. The molecule has 0 amide bonds. The Labute approximate surface area is 360 Å². The molecule has 0 N–H and O–H groups in total. The first-order chi connectivity index (χ1) is 28.8. The van der Waals surface area contributed by atoms with E-state index in [1.807, 2.05) is 12.1 Å². The molecule has 6 aromatic carbocycles. The van der Waals surface area contributed by atoms with E-state index in [4.69, 9.17) is 4.11 Å². The fourth-order valence-electron chi connectivity index (χ4n) is 10.6. The molecule has 3 aliphatic rings. The predicted molar refractivity (Wildman–Crippen MR) is 257 cm³/mol. The van der Waals surface area contributed by atoms with Crippen LogP contribution in [0.15, 0.2) is 115 Å². The van der Waals surface area contributed by atoms with E-state index in [0.717, 1.165) is 57.1 Å². The summed E-state index contributed by atoms with van der Waals surface area (Å²) in [7, 11) is 0. The Morgan fingerprint density at radius 3 is 1.73 bits per heavy atom. The summed E-state index contributed by atoms with van der Waals surface area (Å²) in [6, 6.07) is 42.6. The molecule has 0 radical (unpaired) electrons. The number of hydrogen-bond acceptors (Lipinski definition) is 2. The second-order valence-electron chi connectivity index (χ2n) is 22.1. The fourth-order valence-corrected chi connectivity index (χ4v) is 10.6. The molecule has 300 valence electrons. The van der Waals surface area contributed by atoms with Crippen molar-refractivity contribution in [1.82, 2.24) is 0 Å². The molecule has 0 fully saturated rings. The Morgan fingerprint density at radius 1 is 0.508 bits per heavy atom. The molecule has 0 saturated heterocycles. The zero-order chi connectivity index (χ0) is 44.7. The number of aryl methyl sites for hydroxylation is 1. The van der Waals surface area contributed by atoms with Crippen molar-refractivity contribution in [1.29, 1.82) is 0 Å². The van der Waals surface area contributed by atoms with Crippen molar-refractivity contribution in [3.8, 4) is 11.1 Å². The van der Waals surface area contributed by atoms with Gasteiger partial charge in [0.25, 0.3) is 6.71 Å². The summed E-state index contributed by atoms with van der Waals surface area (Å²) in [5.74, 6) is 0. The van der Waals surface area contributed by atoms with Gasteiger partial charge in [0.05, 0.1) is 5.69 Å². The monoisotopic (exact) mass is 778 g/mol. The SMILES string of the molecule is [2H]C([2H])([2H])c1cc2c3c(c1)N(c1ccc(C(C)(C)C)cc1-c1ccccc1)c1cc4c(cc1B3c1ccc(C(C)(C)C)cc1N2c1cccc(C(C)(C)C)c1)C(C)(C)CC4(C)C. The predicted octanol–water partition coefficient (Wildman–Crippen LogP) is 13.6. The zero-order valence-electron chi connectivity index (χ0n) is 40.6. The minimum absolute atomic E-state index is 0.0243. The highest BCUT2D eigenvalue weighted by Gasteiger charge is 2.48. The molecule has 0 unspecified atom stereocenters. The number of anilines is 6. The minimum Gasteiger partial charge on any atom is -0.311 e. The first-order valence-corrected chi connectivity index (χ1v) is 21.7. The maximum absolute atomic E-state index is 9.06. The van der Waals surface area contributed by atoms with Gasteiger partial charge in [0, 0.05) is 38.1 Å². The van der Waals surface area contributed by atoms with E-state index in [1.165, 1.54) is 38.7 Å². The van der Waals surface area contributed by atoms with Crippen molar-refractivity contribution in [3.05, 3.63) is 149 Å². The molecule has 59 heavy (non-hydrogen) atoms. The summed E-state index contributed by atoms with van der Waals surface area (Å²) >= 11 is 0. The van der Waals surface area contributed by atoms with Gasteiger partial charge in [-0.2, -0.15) is 0 Å². The van der Waals surface area contributed by atoms with Gasteiger partial charge in [-0.05, 0) is 144 Å². The van der Waals surface area contributed by atoms with Gasteiger partial charge in [0.1, 0.15) is 0 Å². The van der Waals surface area contributed by atoms with Gasteiger partial charge in [-0.3, -0.25) is 0 Å². The largest absolute Gasteiger partial charge is 0.311 e. The number of benzene rings is 6. The molecule has 0 aromatic heterocycles. The number of rotatable bonds is 3. The Balaban J connectivity index is 1.47. The third-order valence-electron chi connectivity index (χ3n) is 13.6. The first-order valence-electron chi connectivity index (χ1n) is 23.2. The van der Waals surface area contributed by atoms with E-state index in [9.17, 15) is 0 Å². The fraction of sp³-hybridized carbons (Fsp3) is 0.357. The summed E-state index contributed by atoms with van der Waals surface area (Å²) in [6.45, 7) is 27.5. The molecule has 0 saturated carbocycles. The van der Waals surface area contributed by atoms with E-state index in [2.05, 4.69) is 203 Å². The molecule has 1 aliphatic carbocycles. The standard InChI is InChI=1S/C56H63BN2/c1-35-27-49-51-50(28-35)59(46-26-24-38(53(5,6)7)30-41(46)36-19-16-15-17-20-36)48-33-43-42(55(11,12)34-56(43,13)14)32-45(48)57(51)44-25-23-39(54(8,9)10)31-47(44)58(49)40-22-18-21-37(29-40)52(2,3)4/h15-33H,34H2,1-14H3/i1D3. The Morgan fingerprint density at radius 2 is 1.08 bits per heavy atom. The molecule has 9 rings (SSSR count). The normalized spacial score (nSPS) is 17.4. The zero-order valence-corrected chi connectivity index (χ0v) is 37.6. The second kappa shape index (κ2) is 13.0. The van der Waals surface area contributed by atoms with Crippen molar-refractivity contribution in [3.63, 3.8) is 0 Å². The molecule has 0 spiro atoms. The van der Waals surface area contributed by atoms with Crippen LogP contribution in [0.5, 0.6) is 0 Å². The quantitative estimate of drug-likeness (QED) is 0.165. The molecule has 0 atom stereocenters. The number of hydrogen-bond donors (Lipinski definition) is 0. The van der Waals surface area contributed by atoms with Gasteiger partial charge in [0.15, 0.2) is 0 Å².